The lowest BCUT2D eigenvalue weighted by Crippen LogP contribution is -2.11. The van der Waals surface area contributed by atoms with E-state index >= 15 is 0 Å². The van der Waals surface area contributed by atoms with Gasteiger partial charge < -0.3 is 14.6 Å². The lowest BCUT2D eigenvalue weighted by Gasteiger charge is -2.03. The van der Waals surface area contributed by atoms with Crippen LogP contribution in [0.2, 0.25) is 0 Å². The van der Waals surface area contributed by atoms with Crippen LogP contribution < -0.4 is 0 Å². The van der Waals surface area contributed by atoms with Crippen molar-refractivity contribution < 1.29 is 14.6 Å². The largest absolute Gasteiger partial charge is 0.457 e. The van der Waals surface area contributed by atoms with Crippen LogP contribution in [0.4, 0.5) is 0 Å². The van der Waals surface area contributed by atoms with Crippen LogP contribution in [0.3, 0.4) is 0 Å². The van der Waals surface area contributed by atoms with Gasteiger partial charge in [-0.2, -0.15) is 0 Å². The molecule has 3 nitrogen and oxygen atoms in total. The second-order valence-corrected chi connectivity index (χ2v) is 1.16. The van der Waals surface area contributed by atoms with E-state index < -0.39 is 6.29 Å². The summed E-state index contributed by atoms with van der Waals surface area (Å²) in [6.45, 7) is -0.0903. The minimum absolute atomic E-state index is 0.0903. The Morgan fingerprint density at radius 3 is 2.29 bits per heavy atom. The zero-order valence-corrected chi connectivity index (χ0v) is 3.70. The fourth-order valence-electron chi connectivity index (χ4n) is 0.358. The Balaban J connectivity index is 2.22. The van der Waals surface area contributed by atoms with E-state index in [0.717, 1.165) is 0 Å². The molecule has 0 fully saturated rings. The van der Waals surface area contributed by atoms with Crippen LogP contribution in [-0.4, -0.2) is 18.0 Å². The first kappa shape index (κ1) is 4.46. The number of ether oxygens (including phenoxy) is 2. The van der Waals surface area contributed by atoms with Gasteiger partial charge in [-0.15, -0.1) is 0 Å². The minimum atomic E-state index is -0.458. The van der Waals surface area contributed by atoms with Crippen molar-refractivity contribution in [2.24, 2.45) is 0 Å². The smallest absolute Gasteiger partial charge is 0.262 e. The Bertz CT molecular complexity index is 71.0. The summed E-state index contributed by atoms with van der Waals surface area (Å²) in [6.07, 6.45) is 2.35. The van der Waals surface area contributed by atoms with Crippen molar-refractivity contribution in [3.63, 3.8) is 0 Å². The van der Waals surface area contributed by atoms with Gasteiger partial charge in [0.05, 0.1) is 0 Å². The Labute approximate surface area is 41.2 Å². The molecule has 1 rings (SSSR count). The van der Waals surface area contributed by atoms with Crippen LogP contribution in [0.1, 0.15) is 0 Å². The highest BCUT2D eigenvalue weighted by atomic mass is 16.7. The second-order valence-electron chi connectivity index (χ2n) is 1.16. The quantitative estimate of drug-likeness (QED) is 0.499. The molecule has 0 aliphatic carbocycles. The third-order valence-corrected chi connectivity index (χ3v) is 0.665. The van der Waals surface area contributed by atoms with Gasteiger partial charge in [0.25, 0.3) is 6.29 Å². The molecule has 0 aromatic heterocycles. The maximum absolute atomic E-state index is 8.28. The van der Waals surface area contributed by atoms with Crippen molar-refractivity contribution >= 4 is 0 Å². The average molecular weight is 102 g/mol. The van der Waals surface area contributed by atoms with Gasteiger partial charge in [0.2, 0.25) is 0 Å². The Hall–Kier alpha value is -0.700. The standard InChI is InChI=1S/C4H6O3/c5-3-4-6-1-2-7-4/h1-2,4-5H,3H2. The number of rotatable bonds is 1. The number of aliphatic hydroxyl groups is 1. The molecule has 0 bridgehead atoms. The second kappa shape index (κ2) is 1.84. The van der Waals surface area contributed by atoms with Crippen LogP contribution in [-0.2, 0) is 9.47 Å². The molecule has 3 heteroatoms. The normalized spacial score (nSPS) is 19.0. The van der Waals surface area contributed by atoms with Gasteiger partial charge >= 0.3 is 0 Å². The molecule has 1 heterocycles. The summed E-state index contributed by atoms with van der Waals surface area (Å²) in [5.74, 6) is 0. The van der Waals surface area contributed by atoms with E-state index in [2.05, 4.69) is 9.47 Å². The first-order chi connectivity index (χ1) is 3.43. The molecule has 7 heavy (non-hydrogen) atoms. The molecule has 0 atom stereocenters. The van der Waals surface area contributed by atoms with Gasteiger partial charge in [0, 0.05) is 0 Å². The molecule has 1 N–H and O–H groups in total. The molecule has 0 amide bonds. The van der Waals surface area contributed by atoms with Crippen molar-refractivity contribution in [1.82, 2.24) is 0 Å². The first-order valence-corrected chi connectivity index (χ1v) is 2.00. The summed E-state index contributed by atoms with van der Waals surface area (Å²) < 4.78 is 9.30. The lowest BCUT2D eigenvalue weighted by atomic mass is 10.7. The predicted molar refractivity (Wildman–Crippen MR) is 22.2 cm³/mol. The summed E-state index contributed by atoms with van der Waals surface area (Å²) in [5.41, 5.74) is 0. The number of hydrogen-bond donors (Lipinski definition) is 1. The van der Waals surface area contributed by atoms with Gasteiger partial charge in [-0.3, -0.25) is 0 Å². The van der Waals surface area contributed by atoms with E-state index in [0.29, 0.717) is 0 Å². The molecule has 1 aliphatic rings. The molecule has 0 aromatic carbocycles. The third-order valence-electron chi connectivity index (χ3n) is 0.665. The maximum Gasteiger partial charge on any atom is 0.262 e. The fourth-order valence-corrected chi connectivity index (χ4v) is 0.358. The molecular formula is C4H6O3. The monoisotopic (exact) mass is 102 g/mol. The van der Waals surface area contributed by atoms with E-state index in [9.17, 15) is 0 Å². The molecule has 0 aromatic rings. The zero-order chi connectivity index (χ0) is 5.11. The predicted octanol–water partition coefficient (Wildman–Crippen LogP) is -0.177. The third kappa shape index (κ3) is 0.838. The van der Waals surface area contributed by atoms with E-state index in [4.69, 9.17) is 5.11 Å². The molecular weight excluding hydrogens is 96.0 g/mol. The SMILES string of the molecule is OCC1OC=CO1. The average Bonchev–Trinajstić information content (AvgIpc) is 2.14. The molecule has 0 saturated carbocycles. The molecule has 40 valence electrons. The van der Waals surface area contributed by atoms with E-state index in [1.54, 1.807) is 0 Å². The Morgan fingerprint density at radius 1 is 1.43 bits per heavy atom. The van der Waals surface area contributed by atoms with Crippen molar-refractivity contribution in [2.75, 3.05) is 6.61 Å². The number of hydrogen-bond acceptors (Lipinski definition) is 3. The van der Waals surface area contributed by atoms with Gasteiger partial charge in [0.1, 0.15) is 19.1 Å². The van der Waals surface area contributed by atoms with Crippen LogP contribution in [0.15, 0.2) is 12.5 Å². The molecule has 0 spiro atoms. The van der Waals surface area contributed by atoms with Crippen LogP contribution in [0.5, 0.6) is 0 Å². The Morgan fingerprint density at radius 2 is 2.00 bits per heavy atom. The fraction of sp³-hybridized carbons (Fsp3) is 0.500. The van der Waals surface area contributed by atoms with Gasteiger partial charge in [-0.1, -0.05) is 0 Å². The van der Waals surface area contributed by atoms with Crippen molar-refractivity contribution in [3.05, 3.63) is 12.5 Å². The zero-order valence-electron chi connectivity index (χ0n) is 3.70. The van der Waals surface area contributed by atoms with E-state index in [1.165, 1.54) is 12.5 Å². The molecule has 0 radical (unpaired) electrons. The maximum atomic E-state index is 8.28. The summed E-state index contributed by atoms with van der Waals surface area (Å²) in [6, 6.07) is 0. The summed E-state index contributed by atoms with van der Waals surface area (Å²) in [7, 11) is 0. The number of aliphatic hydroxyl groups excluding tert-OH is 1. The first-order valence-electron chi connectivity index (χ1n) is 2.00. The summed E-state index contributed by atoms with van der Waals surface area (Å²) >= 11 is 0. The summed E-state index contributed by atoms with van der Waals surface area (Å²) in [5, 5.41) is 8.28. The van der Waals surface area contributed by atoms with Crippen molar-refractivity contribution in [2.45, 2.75) is 6.29 Å². The van der Waals surface area contributed by atoms with Crippen LogP contribution in [0.25, 0.3) is 0 Å². The minimum Gasteiger partial charge on any atom is -0.457 e. The highest BCUT2D eigenvalue weighted by Crippen LogP contribution is 2.01. The van der Waals surface area contributed by atoms with Gasteiger partial charge in [-0.05, 0) is 0 Å². The van der Waals surface area contributed by atoms with E-state index in [1.807, 2.05) is 0 Å². The molecule has 1 aliphatic heterocycles. The van der Waals surface area contributed by atoms with Crippen molar-refractivity contribution in [3.8, 4) is 0 Å². The lowest BCUT2D eigenvalue weighted by molar-refractivity contribution is -0.0588. The molecule has 0 unspecified atom stereocenters. The molecule has 0 saturated heterocycles. The summed E-state index contributed by atoms with van der Waals surface area (Å²) in [4.78, 5) is 0. The highest BCUT2D eigenvalue weighted by Gasteiger charge is 2.07. The van der Waals surface area contributed by atoms with Crippen LogP contribution in [0, 0.1) is 0 Å². The van der Waals surface area contributed by atoms with Gasteiger partial charge in [0.15, 0.2) is 0 Å². The Kier molecular flexibility index (Phi) is 1.17. The van der Waals surface area contributed by atoms with Crippen LogP contribution >= 0.6 is 0 Å². The highest BCUT2D eigenvalue weighted by molar-refractivity contribution is 4.69. The van der Waals surface area contributed by atoms with Gasteiger partial charge in [-0.25, -0.2) is 0 Å². The topological polar surface area (TPSA) is 38.7 Å². The van der Waals surface area contributed by atoms with Crippen molar-refractivity contribution in [1.29, 1.82) is 0 Å². The van der Waals surface area contributed by atoms with E-state index in [-0.39, 0.29) is 6.61 Å².